The van der Waals surface area contributed by atoms with E-state index in [1.807, 2.05) is 36.0 Å². The molecule has 0 bridgehead atoms. The highest BCUT2D eigenvalue weighted by Crippen LogP contribution is 2.35. The van der Waals surface area contributed by atoms with Crippen LogP contribution in [-0.4, -0.2) is 23.7 Å². The number of esters is 1. The number of halogens is 1. The molecule has 0 spiro atoms. The lowest BCUT2D eigenvalue weighted by atomic mass is 10.0. The summed E-state index contributed by atoms with van der Waals surface area (Å²) >= 11 is 1.84. The molecule has 0 aliphatic heterocycles. The fraction of sp³-hybridized carbons (Fsp3) is 0.333. The van der Waals surface area contributed by atoms with Crippen LogP contribution in [0, 0.1) is 5.82 Å². The summed E-state index contributed by atoms with van der Waals surface area (Å²) in [5.74, 6) is -1.09. The molecule has 31 heavy (non-hydrogen) atoms. The zero-order valence-electron chi connectivity index (χ0n) is 17.1. The van der Waals surface area contributed by atoms with Gasteiger partial charge in [-0.2, -0.15) is 11.8 Å². The second-order valence-electron chi connectivity index (χ2n) is 7.58. The molecule has 1 amide bonds. The molecule has 0 atom stereocenters. The highest BCUT2D eigenvalue weighted by Gasteiger charge is 2.24. The largest absolute Gasteiger partial charge is 0.450 e. The lowest BCUT2D eigenvalue weighted by Crippen LogP contribution is -2.21. The molecule has 1 aliphatic carbocycles. The first-order valence-electron chi connectivity index (χ1n) is 10.5. The second-order valence-corrected chi connectivity index (χ2v) is 8.87. The Balaban J connectivity index is 1.44. The normalized spacial score (nSPS) is 14.5. The minimum atomic E-state index is -0.695. The molecular weight excluding hydrogens is 417 g/mol. The Hall–Kier alpha value is -2.80. The van der Waals surface area contributed by atoms with Gasteiger partial charge in [0.2, 0.25) is 5.76 Å². The Kier molecular flexibility index (Phi) is 6.92. The number of fused-ring (bicyclic) bond motifs is 1. The predicted molar refractivity (Wildman–Crippen MR) is 120 cm³/mol. The van der Waals surface area contributed by atoms with Crippen LogP contribution in [0.3, 0.4) is 0 Å². The smallest absolute Gasteiger partial charge is 0.375 e. The van der Waals surface area contributed by atoms with E-state index in [0.717, 1.165) is 10.9 Å². The number of furan rings is 1. The van der Waals surface area contributed by atoms with Crippen LogP contribution >= 0.6 is 11.8 Å². The van der Waals surface area contributed by atoms with Gasteiger partial charge in [-0.3, -0.25) is 4.79 Å². The van der Waals surface area contributed by atoms with Crippen molar-refractivity contribution in [2.45, 2.75) is 43.1 Å². The van der Waals surface area contributed by atoms with Crippen molar-refractivity contribution in [3.63, 3.8) is 0 Å². The van der Waals surface area contributed by atoms with Gasteiger partial charge in [0.1, 0.15) is 11.4 Å². The van der Waals surface area contributed by atoms with E-state index in [4.69, 9.17) is 9.15 Å². The van der Waals surface area contributed by atoms with Crippen LogP contribution in [0.5, 0.6) is 0 Å². The lowest BCUT2D eigenvalue weighted by molar-refractivity contribution is -0.119. The van der Waals surface area contributed by atoms with E-state index in [1.165, 1.54) is 50.3 Å². The zero-order valence-corrected chi connectivity index (χ0v) is 17.9. The van der Waals surface area contributed by atoms with Gasteiger partial charge in [0.05, 0.1) is 5.69 Å². The summed E-state index contributed by atoms with van der Waals surface area (Å²) in [6, 6.07) is 13.3. The number of hydrogen-bond acceptors (Lipinski definition) is 5. The standard InChI is InChI=1S/C24H24FNO4S/c25-19-11-5-6-12-20(19)26-22(27)14-29-24(28)23-18(15-31-16-8-2-1-3-9-16)17-10-4-7-13-21(17)30-23/h4-7,10-13,16H,1-3,8-9,14-15H2,(H,26,27). The van der Waals surface area contributed by atoms with E-state index in [0.29, 0.717) is 16.6 Å². The number of rotatable bonds is 7. The Morgan fingerprint density at radius 2 is 1.81 bits per heavy atom. The molecular formula is C24H24FNO4S. The van der Waals surface area contributed by atoms with Crippen LogP contribution in [0.2, 0.25) is 0 Å². The van der Waals surface area contributed by atoms with E-state index < -0.39 is 24.3 Å². The van der Waals surface area contributed by atoms with E-state index in [9.17, 15) is 14.0 Å². The number of para-hydroxylation sites is 2. The number of nitrogens with one attached hydrogen (secondary N) is 1. The van der Waals surface area contributed by atoms with Gasteiger partial charge in [0, 0.05) is 22.0 Å². The molecule has 0 unspecified atom stereocenters. The minimum absolute atomic E-state index is 0.0388. The molecule has 1 aliphatic rings. The summed E-state index contributed by atoms with van der Waals surface area (Å²) in [6.45, 7) is -0.528. The molecule has 1 heterocycles. The quantitative estimate of drug-likeness (QED) is 0.460. The average molecular weight is 442 g/mol. The van der Waals surface area contributed by atoms with Crippen LogP contribution in [0.1, 0.15) is 48.2 Å². The van der Waals surface area contributed by atoms with Gasteiger partial charge >= 0.3 is 5.97 Å². The van der Waals surface area contributed by atoms with Crippen molar-refractivity contribution >= 4 is 40.3 Å². The molecule has 1 N–H and O–H groups in total. The number of thioether (sulfide) groups is 1. The number of amides is 1. The summed E-state index contributed by atoms with van der Waals surface area (Å²) in [7, 11) is 0. The maximum atomic E-state index is 13.7. The van der Waals surface area contributed by atoms with Crippen molar-refractivity contribution < 1.29 is 23.1 Å². The molecule has 2 aromatic carbocycles. The molecule has 162 valence electrons. The third kappa shape index (κ3) is 5.28. The predicted octanol–water partition coefficient (Wildman–Crippen LogP) is 5.93. The third-order valence-electron chi connectivity index (χ3n) is 5.38. The first-order valence-corrected chi connectivity index (χ1v) is 11.5. The van der Waals surface area contributed by atoms with E-state index in [-0.39, 0.29) is 11.4 Å². The molecule has 3 aromatic rings. The van der Waals surface area contributed by atoms with Gasteiger partial charge in [-0.25, -0.2) is 9.18 Å². The molecule has 7 heteroatoms. The number of hydrogen-bond donors (Lipinski definition) is 1. The maximum Gasteiger partial charge on any atom is 0.375 e. The van der Waals surface area contributed by atoms with E-state index in [1.54, 1.807) is 6.07 Å². The van der Waals surface area contributed by atoms with Crippen molar-refractivity contribution in [3.8, 4) is 0 Å². The summed E-state index contributed by atoms with van der Waals surface area (Å²) in [5, 5.41) is 3.86. The molecule has 4 rings (SSSR count). The minimum Gasteiger partial charge on any atom is -0.450 e. The Bertz CT molecular complexity index is 1070. The number of ether oxygens (including phenoxy) is 1. The Morgan fingerprint density at radius 3 is 2.61 bits per heavy atom. The van der Waals surface area contributed by atoms with E-state index >= 15 is 0 Å². The fourth-order valence-electron chi connectivity index (χ4n) is 3.79. The summed E-state index contributed by atoms with van der Waals surface area (Å²) in [4.78, 5) is 24.8. The van der Waals surface area contributed by atoms with Crippen molar-refractivity contribution in [2.75, 3.05) is 11.9 Å². The molecule has 0 radical (unpaired) electrons. The summed E-state index contributed by atoms with van der Waals surface area (Å²) in [6.07, 6.45) is 6.16. The highest BCUT2D eigenvalue weighted by molar-refractivity contribution is 7.99. The van der Waals surface area contributed by atoms with E-state index in [2.05, 4.69) is 5.32 Å². The third-order valence-corrected chi connectivity index (χ3v) is 6.78. The molecule has 1 saturated carbocycles. The number of carbonyl (C=O) groups excluding carboxylic acids is 2. The number of carbonyl (C=O) groups is 2. The van der Waals surface area contributed by atoms with Gasteiger partial charge in [-0.05, 0) is 31.0 Å². The molecule has 0 saturated heterocycles. The SMILES string of the molecule is O=C(COC(=O)c1oc2ccccc2c1CSC1CCCCC1)Nc1ccccc1F. The molecule has 5 nitrogen and oxygen atoms in total. The first kappa shape index (κ1) is 21.4. The van der Waals surface area contributed by atoms with Crippen LogP contribution in [0.4, 0.5) is 10.1 Å². The van der Waals surface area contributed by atoms with Crippen molar-refractivity contribution in [1.82, 2.24) is 0 Å². The molecule has 1 aromatic heterocycles. The van der Waals surface area contributed by atoms with Crippen LogP contribution in [0.15, 0.2) is 52.9 Å². The van der Waals surface area contributed by atoms with Crippen molar-refractivity contribution in [2.24, 2.45) is 0 Å². The number of benzene rings is 2. The van der Waals surface area contributed by atoms with Gasteiger partial charge in [-0.1, -0.05) is 49.6 Å². The lowest BCUT2D eigenvalue weighted by Gasteiger charge is -2.20. The van der Waals surface area contributed by atoms with Crippen molar-refractivity contribution in [3.05, 3.63) is 65.7 Å². The second kappa shape index (κ2) is 10.0. The Labute approximate surface area is 184 Å². The highest BCUT2D eigenvalue weighted by atomic mass is 32.2. The van der Waals surface area contributed by atoms with Gasteiger partial charge in [0.15, 0.2) is 6.61 Å². The van der Waals surface area contributed by atoms with Gasteiger partial charge in [0.25, 0.3) is 5.91 Å². The first-order chi connectivity index (χ1) is 15.1. The molecule has 1 fully saturated rings. The number of anilines is 1. The van der Waals surface area contributed by atoms with Gasteiger partial charge in [-0.15, -0.1) is 0 Å². The maximum absolute atomic E-state index is 13.7. The Morgan fingerprint density at radius 1 is 1.06 bits per heavy atom. The van der Waals surface area contributed by atoms with Gasteiger partial charge < -0.3 is 14.5 Å². The van der Waals surface area contributed by atoms with Crippen LogP contribution < -0.4 is 5.32 Å². The average Bonchev–Trinajstić information content (AvgIpc) is 3.17. The summed E-state index contributed by atoms with van der Waals surface area (Å²) < 4.78 is 24.7. The monoisotopic (exact) mass is 441 g/mol. The zero-order chi connectivity index (χ0) is 21.6. The van der Waals surface area contributed by atoms with Crippen LogP contribution in [-0.2, 0) is 15.3 Å². The van der Waals surface area contributed by atoms with Crippen molar-refractivity contribution in [1.29, 1.82) is 0 Å². The van der Waals surface area contributed by atoms with Crippen LogP contribution in [0.25, 0.3) is 11.0 Å². The summed E-state index contributed by atoms with van der Waals surface area (Å²) in [5.41, 5.74) is 1.45. The fourth-order valence-corrected chi connectivity index (χ4v) is 5.14. The topological polar surface area (TPSA) is 68.5 Å².